The van der Waals surface area contributed by atoms with Crippen molar-refractivity contribution in [1.29, 1.82) is 0 Å². The average Bonchev–Trinajstić information content (AvgIpc) is 2.67. The zero-order chi connectivity index (χ0) is 13.9. The Hall–Kier alpha value is -1.67. The summed E-state index contributed by atoms with van der Waals surface area (Å²) in [5.41, 5.74) is 5.30. The van der Waals surface area contributed by atoms with Crippen molar-refractivity contribution in [3.05, 3.63) is 0 Å². The minimum atomic E-state index is -1.17. The fourth-order valence-corrected chi connectivity index (χ4v) is 1.75. The number of nitrogens with one attached hydrogen (secondary N) is 1. The van der Waals surface area contributed by atoms with E-state index in [-0.39, 0.29) is 19.5 Å². The molecule has 8 heteroatoms. The number of nitrogens with two attached hydrogens (primary N) is 1. The van der Waals surface area contributed by atoms with E-state index in [0.717, 1.165) is 4.90 Å². The molecule has 0 spiro atoms. The molecule has 1 aliphatic rings. The molecule has 1 fully saturated rings. The summed E-state index contributed by atoms with van der Waals surface area (Å²) in [6.45, 7) is 1.11. The normalized spacial score (nSPS) is 24.7. The van der Waals surface area contributed by atoms with Crippen molar-refractivity contribution in [3.63, 3.8) is 0 Å². The van der Waals surface area contributed by atoms with Gasteiger partial charge in [-0.15, -0.1) is 0 Å². The zero-order valence-electron chi connectivity index (χ0n) is 10.00. The first-order valence-corrected chi connectivity index (χ1v) is 5.56. The van der Waals surface area contributed by atoms with Crippen LogP contribution in [-0.4, -0.2) is 64.2 Å². The predicted molar refractivity (Wildman–Crippen MR) is 60.4 cm³/mol. The smallest absolute Gasteiger partial charge is 0.326 e. The Kier molecular flexibility index (Phi) is 4.62. The van der Waals surface area contributed by atoms with E-state index < -0.39 is 36.0 Å². The summed E-state index contributed by atoms with van der Waals surface area (Å²) < 4.78 is 0. The number of aliphatic hydroxyl groups is 1. The summed E-state index contributed by atoms with van der Waals surface area (Å²) in [6.07, 6.45) is -0.846. The second-order valence-electron chi connectivity index (χ2n) is 4.30. The van der Waals surface area contributed by atoms with Gasteiger partial charge < -0.3 is 26.2 Å². The van der Waals surface area contributed by atoms with Crippen molar-refractivity contribution < 1.29 is 24.6 Å². The van der Waals surface area contributed by atoms with Gasteiger partial charge in [-0.25, -0.2) is 4.79 Å². The van der Waals surface area contributed by atoms with Crippen molar-refractivity contribution in [2.24, 2.45) is 5.73 Å². The number of hydrogen-bond donors (Lipinski definition) is 4. The Morgan fingerprint density at radius 3 is 2.61 bits per heavy atom. The Bertz CT molecular complexity index is 357. The van der Waals surface area contributed by atoms with Crippen LogP contribution in [0.2, 0.25) is 0 Å². The van der Waals surface area contributed by atoms with E-state index in [1.54, 1.807) is 0 Å². The highest BCUT2D eigenvalue weighted by molar-refractivity contribution is 5.89. The lowest BCUT2D eigenvalue weighted by Gasteiger charge is -2.21. The molecule has 2 amide bonds. The van der Waals surface area contributed by atoms with E-state index in [1.165, 1.54) is 6.92 Å². The van der Waals surface area contributed by atoms with E-state index in [0.29, 0.717) is 0 Å². The summed E-state index contributed by atoms with van der Waals surface area (Å²) in [7, 11) is 0. The first-order valence-electron chi connectivity index (χ1n) is 5.56. The summed E-state index contributed by atoms with van der Waals surface area (Å²) >= 11 is 0. The lowest BCUT2D eigenvalue weighted by Crippen LogP contribution is -2.48. The highest BCUT2D eigenvalue weighted by Gasteiger charge is 2.38. The third-order valence-electron chi connectivity index (χ3n) is 2.71. The largest absolute Gasteiger partial charge is 0.480 e. The summed E-state index contributed by atoms with van der Waals surface area (Å²) in [5, 5.41) is 20.6. The molecule has 0 aromatic carbocycles. The van der Waals surface area contributed by atoms with E-state index in [9.17, 15) is 19.5 Å². The molecule has 1 rings (SSSR count). The Morgan fingerprint density at radius 1 is 1.50 bits per heavy atom. The van der Waals surface area contributed by atoms with E-state index in [4.69, 9.17) is 10.8 Å². The Labute approximate surface area is 104 Å². The topological polar surface area (TPSA) is 133 Å². The number of β-amino-alcohol motifs (C(OH)–C–C–N with tert-alkyl or cyclic N) is 1. The predicted octanol–water partition coefficient (Wildman–Crippen LogP) is -2.50. The molecule has 8 nitrogen and oxygen atoms in total. The molecule has 102 valence electrons. The molecule has 1 saturated heterocycles. The van der Waals surface area contributed by atoms with Gasteiger partial charge in [-0.2, -0.15) is 0 Å². The van der Waals surface area contributed by atoms with Crippen LogP contribution in [0, 0.1) is 0 Å². The molecule has 0 unspecified atom stereocenters. The van der Waals surface area contributed by atoms with Gasteiger partial charge in [-0.1, -0.05) is 0 Å². The molecule has 1 heterocycles. The van der Waals surface area contributed by atoms with Crippen LogP contribution in [0.1, 0.15) is 13.3 Å². The van der Waals surface area contributed by atoms with Crippen LogP contribution in [0.3, 0.4) is 0 Å². The van der Waals surface area contributed by atoms with Crippen molar-refractivity contribution in [2.45, 2.75) is 31.5 Å². The zero-order valence-corrected chi connectivity index (χ0v) is 10.00. The molecule has 18 heavy (non-hydrogen) atoms. The first kappa shape index (κ1) is 14.4. The number of aliphatic carboxylic acids is 1. The molecule has 0 bridgehead atoms. The number of nitrogens with zero attached hydrogens (tertiary/aromatic N) is 1. The summed E-state index contributed by atoms with van der Waals surface area (Å²) in [6, 6.07) is -1.78. The molecular weight excluding hydrogens is 242 g/mol. The molecule has 5 N–H and O–H groups in total. The molecule has 0 saturated carbocycles. The van der Waals surface area contributed by atoms with Gasteiger partial charge in [0.2, 0.25) is 11.8 Å². The number of hydrogen-bond acceptors (Lipinski definition) is 5. The molecule has 3 atom stereocenters. The molecule has 0 aliphatic carbocycles. The maximum Gasteiger partial charge on any atom is 0.326 e. The Balaban J connectivity index is 2.55. The molecule has 1 aliphatic heterocycles. The molecule has 0 aromatic heterocycles. The minimum Gasteiger partial charge on any atom is -0.480 e. The van der Waals surface area contributed by atoms with Crippen LogP contribution >= 0.6 is 0 Å². The van der Waals surface area contributed by atoms with Crippen LogP contribution in [-0.2, 0) is 14.4 Å². The number of carbonyl (C=O) groups excluding carboxylic acids is 2. The van der Waals surface area contributed by atoms with E-state index >= 15 is 0 Å². The second-order valence-corrected chi connectivity index (χ2v) is 4.30. The highest BCUT2D eigenvalue weighted by atomic mass is 16.4. The first-order chi connectivity index (χ1) is 8.32. The monoisotopic (exact) mass is 259 g/mol. The number of carboxylic acid groups (broad SMARTS) is 1. The van der Waals surface area contributed by atoms with Crippen LogP contribution < -0.4 is 11.1 Å². The molecular formula is C10H17N3O5. The number of amides is 2. The molecule has 0 aromatic rings. The number of carboxylic acids is 1. The van der Waals surface area contributed by atoms with Crippen molar-refractivity contribution in [2.75, 3.05) is 13.1 Å². The molecule has 0 radical (unpaired) electrons. The van der Waals surface area contributed by atoms with Gasteiger partial charge in [0, 0.05) is 13.0 Å². The lowest BCUT2D eigenvalue weighted by molar-refractivity contribution is -0.148. The van der Waals surface area contributed by atoms with Gasteiger partial charge in [0.05, 0.1) is 18.7 Å². The maximum absolute atomic E-state index is 11.7. The fraction of sp³-hybridized carbons (Fsp3) is 0.700. The standard InChI is InChI=1S/C10H17N3O5/c1-5(11)9(16)12-3-8(15)13-4-6(14)2-7(13)10(17)18/h5-7,14H,2-4,11H2,1H3,(H,12,16)(H,17,18)/t5-,6+,7-/m0/s1. The van der Waals surface area contributed by atoms with E-state index in [2.05, 4.69) is 5.32 Å². The van der Waals surface area contributed by atoms with Gasteiger partial charge in [0.1, 0.15) is 6.04 Å². The number of likely N-dealkylation sites (tertiary alicyclic amines) is 1. The summed E-state index contributed by atoms with van der Waals surface area (Å²) in [4.78, 5) is 34.8. The second kappa shape index (κ2) is 5.78. The third kappa shape index (κ3) is 3.41. The number of carbonyl (C=O) groups is 3. The van der Waals surface area contributed by atoms with Gasteiger partial charge in [-0.05, 0) is 6.92 Å². The SMILES string of the molecule is C[C@H](N)C(=O)NCC(=O)N1C[C@H](O)C[C@H]1C(=O)O. The fourth-order valence-electron chi connectivity index (χ4n) is 1.75. The van der Waals surface area contributed by atoms with Crippen LogP contribution in [0.15, 0.2) is 0 Å². The third-order valence-corrected chi connectivity index (χ3v) is 2.71. The Morgan fingerprint density at radius 2 is 2.11 bits per heavy atom. The van der Waals surface area contributed by atoms with Gasteiger partial charge in [-0.3, -0.25) is 9.59 Å². The highest BCUT2D eigenvalue weighted by Crippen LogP contribution is 2.17. The quantitative estimate of drug-likeness (QED) is 0.441. The van der Waals surface area contributed by atoms with Crippen LogP contribution in [0.4, 0.5) is 0 Å². The van der Waals surface area contributed by atoms with Gasteiger partial charge in [0.25, 0.3) is 0 Å². The van der Waals surface area contributed by atoms with Gasteiger partial charge >= 0.3 is 5.97 Å². The van der Waals surface area contributed by atoms with Crippen molar-refractivity contribution >= 4 is 17.8 Å². The van der Waals surface area contributed by atoms with Gasteiger partial charge in [0.15, 0.2) is 0 Å². The van der Waals surface area contributed by atoms with Crippen LogP contribution in [0.5, 0.6) is 0 Å². The summed E-state index contributed by atoms with van der Waals surface area (Å²) in [5.74, 6) is -2.21. The van der Waals surface area contributed by atoms with E-state index in [1.807, 2.05) is 0 Å². The van der Waals surface area contributed by atoms with Crippen molar-refractivity contribution in [3.8, 4) is 0 Å². The van der Waals surface area contributed by atoms with Crippen molar-refractivity contribution in [1.82, 2.24) is 10.2 Å². The lowest BCUT2D eigenvalue weighted by atomic mass is 10.2. The van der Waals surface area contributed by atoms with Crippen LogP contribution in [0.25, 0.3) is 0 Å². The average molecular weight is 259 g/mol. The number of rotatable bonds is 4. The maximum atomic E-state index is 11.7. The number of aliphatic hydroxyl groups excluding tert-OH is 1. The minimum absolute atomic E-state index is 0.00229.